The van der Waals surface area contributed by atoms with Crippen LogP contribution in [0, 0.1) is 17.1 Å². The summed E-state index contributed by atoms with van der Waals surface area (Å²) in [7, 11) is 0. The molecular weight excluding hydrogens is 339 g/mol. The van der Waals surface area contributed by atoms with E-state index >= 15 is 0 Å². The smallest absolute Gasteiger partial charge is 0.303 e. The maximum atomic E-state index is 14.4. The summed E-state index contributed by atoms with van der Waals surface area (Å²) in [5, 5.41) is 17.7. The van der Waals surface area contributed by atoms with Crippen LogP contribution in [-0.4, -0.2) is 23.7 Å². The van der Waals surface area contributed by atoms with Crippen molar-refractivity contribution in [1.29, 1.82) is 5.26 Å². The summed E-state index contributed by atoms with van der Waals surface area (Å²) in [5.41, 5.74) is 0.700. The fourth-order valence-electron chi connectivity index (χ4n) is 2.76. The minimum atomic E-state index is -0.831. The number of carboxylic acid groups (broad SMARTS) is 1. The molecule has 1 atom stereocenters. The summed E-state index contributed by atoms with van der Waals surface area (Å²) in [6, 6.07) is 5.16. The second-order valence-corrected chi connectivity index (χ2v) is 5.94. The first kappa shape index (κ1) is 15.8. The lowest BCUT2D eigenvalue weighted by Crippen LogP contribution is -2.40. The number of aliphatic carboxylic acids is 1. The van der Waals surface area contributed by atoms with Crippen molar-refractivity contribution in [2.24, 2.45) is 0 Å². The lowest BCUT2D eigenvalue weighted by Gasteiger charge is -2.37. The SMILES string of the molecule is N#Cc1ccc(N2CCCCC2CCC(=O)O)c(F)c1Br. The van der Waals surface area contributed by atoms with Gasteiger partial charge in [-0.05, 0) is 53.7 Å². The highest BCUT2D eigenvalue weighted by Gasteiger charge is 2.26. The number of anilines is 1. The number of hydrogen-bond acceptors (Lipinski definition) is 3. The van der Waals surface area contributed by atoms with Gasteiger partial charge in [0.15, 0.2) is 5.82 Å². The molecule has 0 amide bonds. The maximum Gasteiger partial charge on any atom is 0.303 e. The molecule has 0 spiro atoms. The average Bonchev–Trinajstić information content (AvgIpc) is 2.48. The third-order valence-corrected chi connectivity index (χ3v) is 4.59. The Kier molecular flexibility index (Phi) is 5.18. The molecule has 0 aromatic heterocycles. The zero-order valence-electron chi connectivity index (χ0n) is 11.5. The van der Waals surface area contributed by atoms with Crippen molar-refractivity contribution in [2.45, 2.75) is 38.1 Å². The van der Waals surface area contributed by atoms with E-state index in [4.69, 9.17) is 10.4 Å². The normalized spacial score (nSPS) is 18.3. The quantitative estimate of drug-likeness (QED) is 0.895. The summed E-state index contributed by atoms with van der Waals surface area (Å²) in [6.07, 6.45) is 3.44. The van der Waals surface area contributed by atoms with E-state index in [-0.39, 0.29) is 22.5 Å². The van der Waals surface area contributed by atoms with Gasteiger partial charge in [-0.25, -0.2) is 4.39 Å². The molecule has 1 aromatic rings. The van der Waals surface area contributed by atoms with Crippen LogP contribution in [0.1, 0.15) is 37.7 Å². The van der Waals surface area contributed by atoms with E-state index in [0.29, 0.717) is 18.7 Å². The standard InChI is InChI=1S/C15H16BrFN2O2/c16-14-10(9-18)4-6-12(15(14)17)19-8-2-1-3-11(19)5-7-13(20)21/h4,6,11H,1-3,5,7-8H2,(H,20,21). The van der Waals surface area contributed by atoms with Gasteiger partial charge in [-0.15, -0.1) is 0 Å². The van der Waals surface area contributed by atoms with Gasteiger partial charge >= 0.3 is 5.97 Å². The van der Waals surface area contributed by atoms with Crippen LogP contribution < -0.4 is 4.90 Å². The molecule has 0 radical (unpaired) electrons. The molecule has 2 rings (SSSR count). The second kappa shape index (κ2) is 6.90. The van der Waals surface area contributed by atoms with Crippen molar-refractivity contribution in [3.8, 4) is 6.07 Å². The Bertz CT molecular complexity index is 586. The highest BCUT2D eigenvalue weighted by atomic mass is 79.9. The zero-order valence-corrected chi connectivity index (χ0v) is 13.1. The Balaban J connectivity index is 2.27. The third-order valence-electron chi connectivity index (χ3n) is 3.81. The van der Waals surface area contributed by atoms with Crippen LogP contribution >= 0.6 is 15.9 Å². The highest BCUT2D eigenvalue weighted by molar-refractivity contribution is 9.10. The van der Waals surface area contributed by atoms with Crippen LogP contribution in [0.25, 0.3) is 0 Å². The van der Waals surface area contributed by atoms with Crippen LogP contribution in [0.3, 0.4) is 0 Å². The highest BCUT2D eigenvalue weighted by Crippen LogP contribution is 2.33. The molecule has 1 saturated heterocycles. The maximum absolute atomic E-state index is 14.4. The Labute approximate surface area is 131 Å². The van der Waals surface area contributed by atoms with Gasteiger partial charge in [0.05, 0.1) is 15.7 Å². The average molecular weight is 355 g/mol. The molecule has 1 N–H and O–H groups in total. The van der Waals surface area contributed by atoms with E-state index in [0.717, 1.165) is 19.3 Å². The monoisotopic (exact) mass is 354 g/mol. The Morgan fingerprint density at radius 3 is 2.95 bits per heavy atom. The van der Waals surface area contributed by atoms with Gasteiger partial charge in [-0.3, -0.25) is 4.79 Å². The molecule has 1 heterocycles. The molecule has 1 aliphatic heterocycles. The fourth-order valence-corrected chi connectivity index (χ4v) is 3.18. The first-order valence-corrected chi connectivity index (χ1v) is 7.70. The van der Waals surface area contributed by atoms with Crippen LogP contribution in [0.15, 0.2) is 16.6 Å². The molecule has 21 heavy (non-hydrogen) atoms. The van der Waals surface area contributed by atoms with E-state index in [2.05, 4.69) is 15.9 Å². The topological polar surface area (TPSA) is 64.3 Å². The molecule has 112 valence electrons. The number of nitriles is 1. The van der Waals surface area contributed by atoms with E-state index in [9.17, 15) is 9.18 Å². The Morgan fingerprint density at radius 1 is 1.52 bits per heavy atom. The lowest BCUT2D eigenvalue weighted by molar-refractivity contribution is -0.137. The third kappa shape index (κ3) is 3.53. The Hall–Kier alpha value is -1.61. The first-order valence-electron chi connectivity index (χ1n) is 6.91. The molecule has 0 saturated carbocycles. The van der Waals surface area contributed by atoms with Gasteiger partial charge in [-0.1, -0.05) is 0 Å². The van der Waals surface area contributed by atoms with E-state index in [1.165, 1.54) is 0 Å². The molecule has 6 heteroatoms. The van der Waals surface area contributed by atoms with Crippen LogP contribution in [-0.2, 0) is 4.79 Å². The van der Waals surface area contributed by atoms with Crippen molar-refractivity contribution in [3.63, 3.8) is 0 Å². The van der Waals surface area contributed by atoms with E-state index in [1.54, 1.807) is 12.1 Å². The largest absolute Gasteiger partial charge is 0.481 e. The minimum absolute atomic E-state index is 0.0317. The summed E-state index contributed by atoms with van der Waals surface area (Å²) in [5.74, 6) is -1.28. The molecule has 0 bridgehead atoms. The molecule has 4 nitrogen and oxygen atoms in total. The summed E-state index contributed by atoms with van der Waals surface area (Å²) < 4.78 is 14.6. The van der Waals surface area contributed by atoms with Gasteiger partial charge in [0.25, 0.3) is 0 Å². The van der Waals surface area contributed by atoms with Gasteiger partial charge in [0.2, 0.25) is 0 Å². The molecule has 1 fully saturated rings. The fraction of sp³-hybridized carbons (Fsp3) is 0.467. The number of hydrogen-bond donors (Lipinski definition) is 1. The van der Waals surface area contributed by atoms with Crippen molar-refractivity contribution >= 4 is 27.6 Å². The lowest BCUT2D eigenvalue weighted by atomic mass is 9.97. The zero-order chi connectivity index (χ0) is 15.4. The van der Waals surface area contributed by atoms with Crippen LogP contribution in [0.2, 0.25) is 0 Å². The van der Waals surface area contributed by atoms with Crippen molar-refractivity contribution in [2.75, 3.05) is 11.4 Å². The molecule has 0 aliphatic carbocycles. The van der Waals surface area contributed by atoms with Crippen molar-refractivity contribution in [3.05, 3.63) is 28.0 Å². The van der Waals surface area contributed by atoms with E-state index < -0.39 is 11.8 Å². The molecule has 1 aliphatic rings. The van der Waals surface area contributed by atoms with Crippen molar-refractivity contribution in [1.82, 2.24) is 0 Å². The summed E-state index contributed by atoms with van der Waals surface area (Å²) in [6.45, 7) is 0.708. The Morgan fingerprint density at radius 2 is 2.29 bits per heavy atom. The van der Waals surface area contributed by atoms with Gasteiger partial charge in [0.1, 0.15) is 6.07 Å². The van der Waals surface area contributed by atoms with Gasteiger partial charge in [0, 0.05) is 19.0 Å². The molecule has 1 unspecified atom stereocenters. The number of piperidine rings is 1. The van der Waals surface area contributed by atoms with E-state index in [1.807, 2.05) is 11.0 Å². The number of carboxylic acids is 1. The van der Waals surface area contributed by atoms with Crippen LogP contribution in [0.4, 0.5) is 10.1 Å². The molecular formula is C15H16BrFN2O2. The number of rotatable bonds is 4. The number of halogens is 2. The summed E-state index contributed by atoms with van der Waals surface area (Å²) >= 11 is 3.12. The predicted molar refractivity (Wildman–Crippen MR) is 80.7 cm³/mol. The number of benzene rings is 1. The summed E-state index contributed by atoms with van der Waals surface area (Å²) in [4.78, 5) is 12.7. The second-order valence-electron chi connectivity index (χ2n) is 5.15. The van der Waals surface area contributed by atoms with Gasteiger partial charge < -0.3 is 10.0 Å². The number of carbonyl (C=O) groups is 1. The van der Waals surface area contributed by atoms with Crippen molar-refractivity contribution < 1.29 is 14.3 Å². The predicted octanol–water partition coefficient (Wildman–Crippen LogP) is 3.68. The minimum Gasteiger partial charge on any atom is -0.481 e. The first-order chi connectivity index (χ1) is 10.0. The van der Waals surface area contributed by atoms with Crippen LogP contribution in [0.5, 0.6) is 0 Å². The van der Waals surface area contributed by atoms with Gasteiger partial charge in [-0.2, -0.15) is 5.26 Å². The molecule has 1 aromatic carbocycles. The number of nitrogens with zero attached hydrogens (tertiary/aromatic N) is 2.